The summed E-state index contributed by atoms with van der Waals surface area (Å²) in [5.41, 5.74) is 5.38. The number of unbranched alkanes of at least 4 members (excludes halogenated alkanes) is 22. The molecule has 0 spiro atoms. The summed E-state index contributed by atoms with van der Waals surface area (Å²) in [4.78, 5) is 33.7. The first-order valence-corrected chi connectivity index (χ1v) is 28.1. The van der Waals surface area contributed by atoms with Crippen LogP contribution in [0.3, 0.4) is 0 Å². The van der Waals surface area contributed by atoms with Crippen molar-refractivity contribution in [3.63, 3.8) is 0 Å². The molecule has 0 aromatic rings. The van der Waals surface area contributed by atoms with Crippen LogP contribution in [-0.4, -0.2) is 60.5 Å². The molecule has 0 aromatic carbocycles. The Labute approximate surface area is 409 Å². The van der Waals surface area contributed by atoms with Crippen LogP contribution in [-0.2, 0) is 32.7 Å². The lowest BCUT2D eigenvalue weighted by atomic mass is 10.1. The Hall–Kier alpha value is -2.85. The fraction of sp³-hybridized carbons (Fsp3) is 0.714. The molecule has 386 valence electrons. The third-order valence-electron chi connectivity index (χ3n) is 11.2. The number of hydrogen-bond acceptors (Lipinski definition) is 8. The molecule has 4 N–H and O–H groups in total. The van der Waals surface area contributed by atoms with Gasteiger partial charge < -0.3 is 25.2 Å². The molecular weight excluding hydrogens is 862 g/mol. The quantitative estimate of drug-likeness (QED) is 0.0232. The second-order valence-corrected chi connectivity index (χ2v) is 19.1. The van der Waals surface area contributed by atoms with E-state index in [1.165, 1.54) is 96.3 Å². The Morgan fingerprint density at radius 1 is 0.493 bits per heavy atom. The minimum Gasteiger partial charge on any atom is -0.480 e. The maximum Gasteiger partial charge on any atom is 0.472 e. The zero-order valence-corrected chi connectivity index (χ0v) is 43.4. The Bertz CT molecular complexity index is 1390. The van der Waals surface area contributed by atoms with E-state index in [0.29, 0.717) is 13.0 Å². The molecule has 67 heavy (non-hydrogen) atoms. The van der Waals surface area contributed by atoms with Gasteiger partial charge in [-0.15, -0.1) is 0 Å². The largest absolute Gasteiger partial charge is 0.480 e. The first kappa shape index (κ1) is 64.2. The van der Waals surface area contributed by atoms with E-state index in [0.717, 1.165) is 96.3 Å². The summed E-state index contributed by atoms with van der Waals surface area (Å²) in [6.45, 7) is 3.73. The molecule has 0 saturated carbocycles. The van der Waals surface area contributed by atoms with Gasteiger partial charge in [0.05, 0.1) is 19.8 Å². The van der Waals surface area contributed by atoms with E-state index in [1.807, 2.05) is 0 Å². The number of esters is 1. The number of ether oxygens (including phenoxy) is 2. The summed E-state index contributed by atoms with van der Waals surface area (Å²) in [5.74, 6) is -1.79. The third kappa shape index (κ3) is 50.8. The molecule has 0 aliphatic carbocycles. The molecular formula is C56H98NO9P. The van der Waals surface area contributed by atoms with E-state index in [1.54, 1.807) is 0 Å². The number of carboxylic acid groups (broad SMARTS) is 1. The van der Waals surface area contributed by atoms with Crippen molar-refractivity contribution < 1.29 is 42.7 Å². The number of allylic oxidation sites excluding steroid dienone is 14. The summed E-state index contributed by atoms with van der Waals surface area (Å²) in [6.07, 6.45) is 66.4. The number of phosphoric acid groups is 1. The number of aliphatic carboxylic acids is 1. The Kier molecular flexibility index (Phi) is 48.8. The first-order valence-electron chi connectivity index (χ1n) is 26.6. The van der Waals surface area contributed by atoms with Crippen LogP contribution in [0.15, 0.2) is 85.1 Å². The van der Waals surface area contributed by atoms with Gasteiger partial charge in [-0.05, 0) is 89.9 Å². The lowest BCUT2D eigenvalue weighted by Crippen LogP contribution is -2.34. The predicted octanol–water partition coefficient (Wildman–Crippen LogP) is 15.9. The molecule has 3 atom stereocenters. The molecule has 0 rings (SSSR count). The summed E-state index contributed by atoms with van der Waals surface area (Å²) in [7, 11) is -4.64. The summed E-state index contributed by atoms with van der Waals surface area (Å²) in [5, 5.41) is 8.94. The van der Waals surface area contributed by atoms with Crippen molar-refractivity contribution in [2.24, 2.45) is 5.73 Å². The second-order valence-electron chi connectivity index (χ2n) is 17.6. The van der Waals surface area contributed by atoms with E-state index < -0.39 is 45.1 Å². The van der Waals surface area contributed by atoms with Gasteiger partial charge in [0.2, 0.25) is 0 Å². The van der Waals surface area contributed by atoms with Crippen LogP contribution in [0.2, 0.25) is 0 Å². The average Bonchev–Trinajstić information content (AvgIpc) is 3.31. The number of rotatable bonds is 50. The fourth-order valence-electron chi connectivity index (χ4n) is 7.07. The maximum atomic E-state index is 12.7. The highest BCUT2D eigenvalue weighted by atomic mass is 31.2. The second kappa shape index (κ2) is 51.0. The highest BCUT2D eigenvalue weighted by Gasteiger charge is 2.27. The predicted molar refractivity (Wildman–Crippen MR) is 281 cm³/mol. The van der Waals surface area contributed by atoms with Crippen LogP contribution in [0.4, 0.5) is 0 Å². The van der Waals surface area contributed by atoms with Crippen LogP contribution in [0.5, 0.6) is 0 Å². The minimum atomic E-state index is -4.64. The molecule has 10 nitrogen and oxygen atoms in total. The lowest BCUT2D eigenvalue weighted by Gasteiger charge is -2.20. The number of carboxylic acids is 1. The topological polar surface area (TPSA) is 155 Å². The smallest absolute Gasteiger partial charge is 0.472 e. The monoisotopic (exact) mass is 960 g/mol. The van der Waals surface area contributed by atoms with Gasteiger partial charge in [-0.1, -0.05) is 208 Å². The van der Waals surface area contributed by atoms with Crippen molar-refractivity contribution in [1.29, 1.82) is 0 Å². The van der Waals surface area contributed by atoms with Gasteiger partial charge in [-0.2, -0.15) is 0 Å². The van der Waals surface area contributed by atoms with Crippen LogP contribution in [0, 0.1) is 0 Å². The molecule has 0 amide bonds. The summed E-state index contributed by atoms with van der Waals surface area (Å²) < 4.78 is 33.5. The normalized spacial score (nSPS) is 14.3. The van der Waals surface area contributed by atoms with E-state index in [2.05, 4.69) is 98.9 Å². The standard InChI is InChI=1S/C56H98NO9P/c1-3-5-7-9-11-13-15-17-19-21-23-25-26-27-29-31-33-35-37-39-41-43-45-47-49-63-50-53(51-64-67(61,62)65-52-54(57)56(59)60)66-55(58)48-46-44-42-40-38-36-34-32-30-28-24-22-20-18-16-14-12-10-8-6-4-2/h5,7,11,13,17,19,22-25,27,29,33,35,53-54H,3-4,6,8-10,12,14-16,18,20-21,26,28,30-32,34,36-52,57H2,1-2H3,(H,59,60)(H,61,62)/b7-5-,13-11-,19-17-,24-22-,25-23-,29-27-,35-33-. The number of phosphoric ester groups is 1. The minimum absolute atomic E-state index is 0.00133. The highest BCUT2D eigenvalue weighted by molar-refractivity contribution is 7.47. The van der Waals surface area contributed by atoms with E-state index in [-0.39, 0.29) is 13.0 Å². The van der Waals surface area contributed by atoms with E-state index in [4.69, 9.17) is 29.4 Å². The maximum absolute atomic E-state index is 12.7. The van der Waals surface area contributed by atoms with Gasteiger partial charge in [0.25, 0.3) is 0 Å². The summed E-state index contributed by atoms with van der Waals surface area (Å²) >= 11 is 0. The lowest BCUT2D eigenvalue weighted by molar-refractivity contribution is -0.154. The van der Waals surface area contributed by atoms with Crippen LogP contribution in [0.25, 0.3) is 0 Å². The van der Waals surface area contributed by atoms with Crippen molar-refractivity contribution in [1.82, 2.24) is 0 Å². The van der Waals surface area contributed by atoms with Crippen molar-refractivity contribution >= 4 is 19.8 Å². The SMILES string of the molecule is CC/C=C\C/C=C\C/C=C\C/C=C\C/C=C\C/C=C\CCCCCCCOCC(COP(=O)(O)OCC(N)C(=O)O)OC(=O)CCCCCCCCCCC/C=C\CCCCCCCCCC. The molecule has 0 aliphatic heterocycles. The van der Waals surface area contributed by atoms with Crippen LogP contribution < -0.4 is 5.73 Å². The van der Waals surface area contributed by atoms with Gasteiger partial charge in [-0.25, -0.2) is 4.57 Å². The van der Waals surface area contributed by atoms with Crippen molar-refractivity contribution in [3.8, 4) is 0 Å². The number of carbonyl (C=O) groups is 2. The van der Waals surface area contributed by atoms with Crippen molar-refractivity contribution in [2.45, 2.75) is 231 Å². The zero-order chi connectivity index (χ0) is 49.0. The molecule has 11 heteroatoms. The molecule has 0 aliphatic rings. The Balaban J connectivity index is 4.19. The third-order valence-corrected chi connectivity index (χ3v) is 12.1. The number of hydrogen-bond donors (Lipinski definition) is 3. The van der Waals surface area contributed by atoms with Crippen LogP contribution in [0.1, 0.15) is 219 Å². The number of carbonyl (C=O) groups excluding carboxylic acids is 1. The first-order chi connectivity index (χ1) is 32.7. The van der Waals surface area contributed by atoms with Crippen LogP contribution >= 0.6 is 7.82 Å². The number of nitrogens with two attached hydrogens (primary N) is 1. The molecule has 0 fully saturated rings. The molecule has 0 saturated heterocycles. The molecule has 3 unspecified atom stereocenters. The molecule has 0 aromatic heterocycles. The average molecular weight is 960 g/mol. The molecule has 0 radical (unpaired) electrons. The van der Waals surface area contributed by atoms with Gasteiger partial charge in [0.15, 0.2) is 0 Å². The molecule has 0 heterocycles. The van der Waals surface area contributed by atoms with Crippen molar-refractivity contribution in [2.75, 3.05) is 26.4 Å². The zero-order valence-electron chi connectivity index (χ0n) is 42.5. The Morgan fingerprint density at radius 2 is 0.866 bits per heavy atom. The van der Waals surface area contributed by atoms with Gasteiger partial charge in [0.1, 0.15) is 12.1 Å². The Morgan fingerprint density at radius 3 is 1.31 bits per heavy atom. The van der Waals surface area contributed by atoms with Gasteiger partial charge >= 0.3 is 19.8 Å². The molecule has 0 bridgehead atoms. The summed E-state index contributed by atoms with van der Waals surface area (Å²) in [6, 6.07) is -1.48. The van der Waals surface area contributed by atoms with E-state index >= 15 is 0 Å². The van der Waals surface area contributed by atoms with Gasteiger partial charge in [-0.3, -0.25) is 18.6 Å². The van der Waals surface area contributed by atoms with Gasteiger partial charge in [0, 0.05) is 13.0 Å². The van der Waals surface area contributed by atoms with Crippen molar-refractivity contribution in [3.05, 3.63) is 85.1 Å². The fourth-order valence-corrected chi connectivity index (χ4v) is 7.85. The highest BCUT2D eigenvalue weighted by Crippen LogP contribution is 2.43. The van der Waals surface area contributed by atoms with E-state index in [9.17, 15) is 19.0 Å².